The van der Waals surface area contributed by atoms with Crippen LogP contribution in [-0.2, 0) is 0 Å². The van der Waals surface area contributed by atoms with Gasteiger partial charge in [-0.2, -0.15) is 0 Å². The van der Waals surface area contributed by atoms with Crippen molar-refractivity contribution in [2.75, 3.05) is 0 Å². The van der Waals surface area contributed by atoms with Gasteiger partial charge in [-0.15, -0.1) is 0 Å². The molecule has 3 aromatic carbocycles. The van der Waals surface area contributed by atoms with Crippen molar-refractivity contribution in [1.82, 2.24) is 0 Å². The fraction of sp³-hybridized carbons (Fsp3) is 0.111. The number of hydrogen-bond acceptors (Lipinski definition) is 2. The van der Waals surface area contributed by atoms with Gasteiger partial charge in [0.1, 0.15) is 0 Å². The molecular formula is C18H14O2. The van der Waals surface area contributed by atoms with Crippen LogP contribution in [0, 0.1) is 0 Å². The lowest BCUT2D eigenvalue weighted by Gasteiger charge is -2.05. The molecular weight excluding hydrogens is 248 g/mol. The first-order chi connectivity index (χ1) is 9.54. The van der Waals surface area contributed by atoms with Crippen LogP contribution in [0.5, 0.6) is 0 Å². The van der Waals surface area contributed by atoms with E-state index >= 15 is 0 Å². The van der Waals surface area contributed by atoms with Crippen LogP contribution in [0.1, 0.15) is 34.6 Å². The van der Waals surface area contributed by atoms with E-state index in [1.807, 2.05) is 42.5 Å². The molecule has 0 fully saturated rings. The lowest BCUT2D eigenvalue weighted by molar-refractivity contribution is 0.100. The molecule has 0 unspecified atom stereocenters. The minimum absolute atomic E-state index is 0.0597. The average molecular weight is 262 g/mol. The van der Waals surface area contributed by atoms with Gasteiger partial charge in [-0.05, 0) is 59.7 Å². The second-order valence-electron chi connectivity index (χ2n) is 5.09. The van der Waals surface area contributed by atoms with Crippen LogP contribution in [0.3, 0.4) is 0 Å². The lowest BCUT2D eigenvalue weighted by atomic mass is 9.98. The third kappa shape index (κ3) is 2.10. The first-order valence-corrected chi connectivity index (χ1v) is 6.54. The van der Waals surface area contributed by atoms with Crippen LogP contribution in [0.2, 0.25) is 0 Å². The van der Waals surface area contributed by atoms with E-state index in [4.69, 9.17) is 0 Å². The van der Waals surface area contributed by atoms with E-state index in [-0.39, 0.29) is 11.6 Å². The van der Waals surface area contributed by atoms with Crippen molar-refractivity contribution in [3.05, 3.63) is 59.7 Å². The summed E-state index contributed by atoms with van der Waals surface area (Å²) in [5.41, 5.74) is 1.42. The van der Waals surface area contributed by atoms with Crippen molar-refractivity contribution in [2.45, 2.75) is 13.8 Å². The number of benzene rings is 3. The Labute approximate surface area is 117 Å². The number of ketones is 2. The normalized spacial score (nSPS) is 10.9. The molecule has 0 radical (unpaired) electrons. The zero-order chi connectivity index (χ0) is 14.3. The Bertz CT molecular complexity index is 791. The van der Waals surface area contributed by atoms with Crippen molar-refractivity contribution in [3.63, 3.8) is 0 Å². The Balaban J connectivity index is 2.29. The Morgan fingerprint density at radius 2 is 1.00 bits per heavy atom. The van der Waals surface area contributed by atoms with Crippen LogP contribution in [-0.4, -0.2) is 11.6 Å². The Morgan fingerprint density at radius 3 is 1.40 bits per heavy atom. The number of Topliss-reactive ketones (excluding diaryl/α,β-unsaturated/α-hetero) is 2. The van der Waals surface area contributed by atoms with Crippen molar-refractivity contribution < 1.29 is 9.59 Å². The molecule has 0 heterocycles. The van der Waals surface area contributed by atoms with E-state index in [0.717, 1.165) is 21.5 Å². The molecule has 3 aromatic rings. The summed E-state index contributed by atoms with van der Waals surface area (Å²) in [4.78, 5) is 22.9. The number of hydrogen-bond donors (Lipinski definition) is 0. The summed E-state index contributed by atoms with van der Waals surface area (Å²) in [5.74, 6) is 0.119. The maximum absolute atomic E-state index is 11.5. The second kappa shape index (κ2) is 4.57. The quantitative estimate of drug-likeness (QED) is 0.506. The number of rotatable bonds is 2. The summed E-state index contributed by atoms with van der Waals surface area (Å²) in [5, 5.41) is 4.23. The SMILES string of the molecule is CC(=O)c1ccc2cc3ccc(C(C)=O)cc3cc2c1. The lowest BCUT2D eigenvalue weighted by Crippen LogP contribution is -1.92. The number of fused-ring (bicyclic) bond motifs is 2. The molecule has 2 heteroatoms. The molecule has 2 nitrogen and oxygen atoms in total. The fourth-order valence-electron chi connectivity index (χ4n) is 2.44. The molecule has 3 rings (SSSR count). The second-order valence-corrected chi connectivity index (χ2v) is 5.09. The predicted molar refractivity (Wildman–Crippen MR) is 81.5 cm³/mol. The van der Waals surface area contributed by atoms with Gasteiger partial charge < -0.3 is 0 Å². The van der Waals surface area contributed by atoms with Gasteiger partial charge >= 0.3 is 0 Å². The minimum Gasteiger partial charge on any atom is -0.295 e. The van der Waals surface area contributed by atoms with Gasteiger partial charge in [-0.1, -0.05) is 24.3 Å². The minimum atomic E-state index is 0.0597. The van der Waals surface area contributed by atoms with E-state index in [2.05, 4.69) is 6.07 Å². The van der Waals surface area contributed by atoms with Gasteiger partial charge in [0.25, 0.3) is 0 Å². The average Bonchev–Trinajstić information content (AvgIpc) is 2.43. The van der Waals surface area contributed by atoms with Crippen LogP contribution in [0.4, 0.5) is 0 Å². The van der Waals surface area contributed by atoms with Crippen molar-refractivity contribution in [1.29, 1.82) is 0 Å². The standard InChI is InChI=1S/C18H14O2/c1-11(19)13-3-5-15-9-16-6-4-14(12(2)20)8-18(16)10-17(15)7-13/h3-10H,1-2H3. The molecule has 0 amide bonds. The Hall–Kier alpha value is -2.48. The van der Waals surface area contributed by atoms with E-state index in [1.54, 1.807) is 13.8 Å². The summed E-state index contributed by atoms with van der Waals surface area (Å²) in [6.45, 7) is 3.13. The highest BCUT2D eigenvalue weighted by atomic mass is 16.1. The highest BCUT2D eigenvalue weighted by Crippen LogP contribution is 2.25. The first-order valence-electron chi connectivity index (χ1n) is 6.54. The molecule has 0 aliphatic rings. The molecule has 0 N–H and O–H groups in total. The highest BCUT2D eigenvalue weighted by molar-refractivity contribution is 6.05. The molecule has 0 spiro atoms. The van der Waals surface area contributed by atoms with E-state index in [1.165, 1.54) is 0 Å². The van der Waals surface area contributed by atoms with Crippen LogP contribution < -0.4 is 0 Å². The summed E-state index contributed by atoms with van der Waals surface area (Å²) in [6.07, 6.45) is 0. The summed E-state index contributed by atoms with van der Waals surface area (Å²) in [7, 11) is 0. The molecule has 0 bridgehead atoms. The smallest absolute Gasteiger partial charge is 0.159 e. The Morgan fingerprint density at radius 1 is 0.600 bits per heavy atom. The van der Waals surface area contributed by atoms with Crippen LogP contribution >= 0.6 is 0 Å². The molecule has 0 aliphatic heterocycles. The molecule has 0 aromatic heterocycles. The zero-order valence-electron chi connectivity index (χ0n) is 11.4. The molecule has 0 saturated carbocycles. The molecule has 0 atom stereocenters. The maximum atomic E-state index is 11.5. The van der Waals surface area contributed by atoms with Crippen molar-refractivity contribution >= 4 is 33.1 Å². The third-order valence-electron chi connectivity index (χ3n) is 3.61. The van der Waals surface area contributed by atoms with Crippen molar-refractivity contribution in [3.8, 4) is 0 Å². The topological polar surface area (TPSA) is 34.1 Å². The van der Waals surface area contributed by atoms with E-state index in [9.17, 15) is 9.59 Å². The van der Waals surface area contributed by atoms with Crippen LogP contribution in [0.25, 0.3) is 21.5 Å². The monoisotopic (exact) mass is 262 g/mol. The Kier molecular flexibility index (Phi) is 2.87. The van der Waals surface area contributed by atoms with Gasteiger partial charge in [-0.25, -0.2) is 0 Å². The van der Waals surface area contributed by atoms with Gasteiger partial charge in [0, 0.05) is 11.1 Å². The van der Waals surface area contributed by atoms with Gasteiger partial charge in [0.15, 0.2) is 11.6 Å². The van der Waals surface area contributed by atoms with Crippen molar-refractivity contribution in [2.24, 2.45) is 0 Å². The van der Waals surface area contributed by atoms with Crippen LogP contribution in [0.15, 0.2) is 48.5 Å². The molecule has 98 valence electrons. The highest BCUT2D eigenvalue weighted by Gasteiger charge is 2.05. The largest absolute Gasteiger partial charge is 0.295 e. The summed E-state index contributed by atoms with van der Waals surface area (Å²) in [6, 6.07) is 15.5. The van der Waals surface area contributed by atoms with E-state index < -0.39 is 0 Å². The van der Waals surface area contributed by atoms with Gasteiger partial charge in [-0.3, -0.25) is 9.59 Å². The summed E-state index contributed by atoms with van der Waals surface area (Å²) >= 11 is 0. The molecule has 0 aliphatic carbocycles. The summed E-state index contributed by atoms with van der Waals surface area (Å²) < 4.78 is 0. The zero-order valence-corrected chi connectivity index (χ0v) is 11.4. The first kappa shape index (κ1) is 12.5. The van der Waals surface area contributed by atoms with Gasteiger partial charge in [0.2, 0.25) is 0 Å². The molecule has 20 heavy (non-hydrogen) atoms. The number of carbonyl (C=O) groups is 2. The third-order valence-corrected chi connectivity index (χ3v) is 3.61. The number of carbonyl (C=O) groups excluding carboxylic acids is 2. The predicted octanol–water partition coefficient (Wildman–Crippen LogP) is 4.40. The molecule has 0 saturated heterocycles. The fourth-order valence-corrected chi connectivity index (χ4v) is 2.44. The van der Waals surface area contributed by atoms with Gasteiger partial charge in [0.05, 0.1) is 0 Å². The van der Waals surface area contributed by atoms with E-state index in [0.29, 0.717) is 11.1 Å². The maximum Gasteiger partial charge on any atom is 0.159 e.